The van der Waals surface area contributed by atoms with Crippen molar-refractivity contribution in [3.05, 3.63) is 18.3 Å². The Bertz CT molecular complexity index is 464. The van der Waals surface area contributed by atoms with Crippen LogP contribution in [0.3, 0.4) is 0 Å². The predicted octanol–water partition coefficient (Wildman–Crippen LogP) is 2.45. The van der Waals surface area contributed by atoms with E-state index in [1.54, 1.807) is 0 Å². The first-order valence-corrected chi connectivity index (χ1v) is 8.94. The number of hydrogen-bond acceptors (Lipinski definition) is 5. The number of nitrogens with one attached hydrogen (secondary N) is 1. The van der Waals surface area contributed by atoms with Gasteiger partial charge in [-0.05, 0) is 51.3 Å². The third-order valence-corrected chi connectivity index (χ3v) is 5.02. The topological polar surface area (TPSA) is 40.6 Å². The molecule has 2 aliphatic rings. The summed E-state index contributed by atoms with van der Waals surface area (Å²) >= 11 is 0. The van der Waals surface area contributed by atoms with Gasteiger partial charge in [-0.25, -0.2) is 4.98 Å². The van der Waals surface area contributed by atoms with Crippen molar-refractivity contribution in [1.82, 2.24) is 9.88 Å². The smallest absolute Gasteiger partial charge is 0.128 e. The van der Waals surface area contributed by atoms with Crippen molar-refractivity contribution in [3.8, 4) is 0 Å². The van der Waals surface area contributed by atoms with Gasteiger partial charge >= 0.3 is 0 Å². The van der Waals surface area contributed by atoms with E-state index in [1.165, 1.54) is 19.3 Å². The highest BCUT2D eigenvalue weighted by atomic mass is 16.5. The number of nitrogens with zero attached hydrogens (tertiary/aromatic N) is 3. The zero-order valence-electron chi connectivity index (χ0n) is 14.5. The third kappa shape index (κ3) is 4.82. The molecule has 5 nitrogen and oxygen atoms in total. The summed E-state index contributed by atoms with van der Waals surface area (Å²) in [5.41, 5.74) is 1.13. The van der Waals surface area contributed by atoms with Gasteiger partial charge in [-0.15, -0.1) is 0 Å². The molecule has 0 aromatic carbocycles. The molecule has 2 saturated heterocycles. The van der Waals surface area contributed by atoms with E-state index >= 15 is 0 Å². The van der Waals surface area contributed by atoms with E-state index < -0.39 is 0 Å². The van der Waals surface area contributed by atoms with Gasteiger partial charge in [-0.1, -0.05) is 0 Å². The standard InChI is InChI=1S/C18H30N4O/c1-15(13-16-5-11-23-12-6-16)20-17-3-4-18(19-14-17)22-9-7-21(2)8-10-22/h3-4,14-16,20H,5-13H2,1-2H3. The quantitative estimate of drug-likeness (QED) is 0.903. The molecule has 0 radical (unpaired) electrons. The van der Waals surface area contributed by atoms with E-state index in [0.717, 1.165) is 56.8 Å². The molecule has 2 fully saturated rings. The summed E-state index contributed by atoms with van der Waals surface area (Å²) in [5.74, 6) is 1.89. The van der Waals surface area contributed by atoms with Gasteiger partial charge in [-0.2, -0.15) is 0 Å². The average Bonchev–Trinajstić information content (AvgIpc) is 2.57. The highest BCUT2D eigenvalue weighted by Gasteiger charge is 2.17. The molecule has 0 spiro atoms. The van der Waals surface area contributed by atoms with Gasteiger partial charge in [0.1, 0.15) is 5.82 Å². The fourth-order valence-electron chi connectivity index (χ4n) is 3.52. The fourth-order valence-corrected chi connectivity index (χ4v) is 3.52. The van der Waals surface area contributed by atoms with E-state index in [4.69, 9.17) is 4.74 Å². The van der Waals surface area contributed by atoms with Crippen LogP contribution in [0.4, 0.5) is 11.5 Å². The maximum atomic E-state index is 5.44. The molecule has 0 amide bonds. The summed E-state index contributed by atoms with van der Waals surface area (Å²) in [7, 11) is 2.18. The van der Waals surface area contributed by atoms with Crippen LogP contribution in [0.2, 0.25) is 0 Å². The van der Waals surface area contributed by atoms with Crippen LogP contribution in [0, 0.1) is 5.92 Å². The Labute approximate surface area is 140 Å². The number of piperazine rings is 1. The van der Waals surface area contributed by atoms with Gasteiger partial charge in [0, 0.05) is 45.4 Å². The molecule has 1 atom stereocenters. The molecule has 128 valence electrons. The van der Waals surface area contributed by atoms with Crippen molar-refractivity contribution in [1.29, 1.82) is 0 Å². The molecule has 0 aliphatic carbocycles. The molecule has 1 aromatic heterocycles. The zero-order valence-corrected chi connectivity index (χ0v) is 14.5. The largest absolute Gasteiger partial charge is 0.381 e. The molecule has 23 heavy (non-hydrogen) atoms. The van der Waals surface area contributed by atoms with E-state index in [9.17, 15) is 0 Å². The minimum atomic E-state index is 0.481. The summed E-state index contributed by atoms with van der Waals surface area (Å²) in [6, 6.07) is 4.80. The van der Waals surface area contributed by atoms with Crippen molar-refractivity contribution >= 4 is 11.5 Å². The predicted molar refractivity (Wildman–Crippen MR) is 95.2 cm³/mol. The maximum absolute atomic E-state index is 5.44. The second-order valence-electron chi connectivity index (χ2n) is 7.03. The Morgan fingerprint density at radius 3 is 2.61 bits per heavy atom. The monoisotopic (exact) mass is 318 g/mol. The Morgan fingerprint density at radius 2 is 1.96 bits per heavy atom. The molecular weight excluding hydrogens is 288 g/mol. The Balaban J connectivity index is 1.48. The van der Waals surface area contributed by atoms with Crippen molar-refractivity contribution in [3.63, 3.8) is 0 Å². The van der Waals surface area contributed by atoms with Crippen LogP contribution in [0.1, 0.15) is 26.2 Å². The van der Waals surface area contributed by atoms with Gasteiger partial charge in [0.15, 0.2) is 0 Å². The van der Waals surface area contributed by atoms with Crippen molar-refractivity contribution in [2.24, 2.45) is 5.92 Å². The molecular formula is C18H30N4O. The second-order valence-corrected chi connectivity index (χ2v) is 7.03. The van der Waals surface area contributed by atoms with Crippen LogP contribution in [-0.2, 0) is 4.74 Å². The molecule has 1 unspecified atom stereocenters. The Morgan fingerprint density at radius 1 is 1.22 bits per heavy atom. The highest BCUT2D eigenvalue weighted by Crippen LogP contribution is 2.22. The van der Waals surface area contributed by atoms with E-state index in [0.29, 0.717) is 6.04 Å². The first-order chi connectivity index (χ1) is 11.2. The molecule has 2 aliphatic heterocycles. The van der Waals surface area contributed by atoms with Gasteiger partial charge in [0.25, 0.3) is 0 Å². The number of rotatable bonds is 5. The molecule has 1 aromatic rings. The lowest BCUT2D eigenvalue weighted by Crippen LogP contribution is -2.44. The average molecular weight is 318 g/mol. The number of ether oxygens (including phenoxy) is 1. The van der Waals surface area contributed by atoms with Gasteiger partial charge in [0.2, 0.25) is 0 Å². The highest BCUT2D eigenvalue weighted by molar-refractivity contribution is 5.49. The minimum Gasteiger partial charge on any atom is -0.381 e. The minimum absolute atomic E-state index is 0.481. The van der Waals surface area contributed by atoms with E-state index in [1.807, 2.05) is 6.20 Å². The zero-order chi connectivity index (χ0) is 16.1. The van der Waals surface area contributed by atoms with Crippen LogP contribution >= 0.6 is 0 Å². The fraction of sp³-hybridized carbons (Fsp3) is 0.722. The lowest BCUT2D eigenvalue weighted by molar-refractivity contribution is 0.0629. The molecule has 0 saturated carbocycles. The maximum Gasteiger partial charge on any atom is 0.128 e. The number of hydrogen-bond donors (Lipinski definition) is 1. The molecule has 0 bridgehead atoms. The SMILES string of the molecule is CC(CC1CCOCC1)Nc1ccc(N2CCN(C)CC2)nc1. The Hall–Kier alpha value is -1.33. The van der Waals surface area contributed by atoms with Crippen LogP contribution < -0.4 is 10.2 Å². The summed E-state index contributed by atoms with van der Waals surface area (Å²) in [5, 5.41) is 3.60. The number of likely N-dealkylation sites (N-methyl/N-ethyl adjacent to an activating group) is 1. The first-order valence-electron chi connectivity index (χ1n) is 8.94. The Kier molecular flexibility index (Phi) is 5.73. The lowest BCUT2D eigenvalue weighted by Gasteiger charge is -2.33. The number of pyridine rings is 1. The van der Waals surface area contributed by atoms with E-state index in [-0.39, 0.29) is 0 Å². The first kappa shape index (κ1) is 16.5. The molecule has 3 rings (SSSR count). The van der Waals surface area contributed by atoms with Gasteiger partial charge in [0.05, 0.1) is 11.9 Å². The van der Waals surface area contributed by atoms with E-state index in [2.05, 4.69) is 46.2 Å². The lowest BCUT2D eigenvalue weighted by atomic mass is 9.93. The third-order valence-electron chi connectivity index (χ3n) is 5.02. The summed E-state index contributed by atoms with van der Waals surface area (Å²) in [6.45, 7) is 8.49. The normalized spacial score (nSPS) is 22.1. The molecule has 5 heteroatoms. The van der Waals surface area contributed by atoms with Gasteiger partial charge < -0.3 is 19.9 Å². The second kappa shape index (κ2) is 7.97. The van der Waals surface area contributed by atoms with Crippen molar-refractivity contribution in [2.45, 2.75) is 32.2 Å². The van der Waals surface area contributed by atoms with Gasteiger partial charge in [-0.3, -0.25) is 0 Å². The van der Waals surface area contributed by atoms with Crippen molar-refractivity contribution in [2.75, 3.05) is 56.7 Å². The van der Waals surface area contributed by atoms with Crippen LogP contribution in [0.15, 0.2) is 18.3 Å². The summed E-state index contributed by atoms with van der Waals surface area (Å²) in [6.07, 6.45) is 5.59. The van der Waals surface area contributed by atoms with Crippen LogP contribution in [-0.4, -0.2) is 62.4 Å². The molecule has 3 heterocycles. The molecule has 1 N–H and O–H groups in total. The summed E-state index contributed by atoms with van der Waals surface area (Å²) in [4.78, 5) is 9.39. The number of aromatic nitrogens is 1. The van der Waals surface area contributed by atoms with Crippen LogP contribution in [0.25, 0.3) is 0 Å². The number of anilines is 2. The van der Waals surface area contributed by atoms with Crippen molar-refractivity contribution < 1.29 is 4.74 Å². The summed E-state index contributed by atoms with van der Waals surface area (Å²) < 4.78 is 5.44. The van der Waals surface area contributed by atoms with Crippen LogP contribution in [0.5, 0.6) is 0 Å².